The SMILES string of the molecule is COc1cc(C(C)N=N)c([N+](=O)[O-])cc1OC. The Morgan fingerprint density at radius 3 is 2.29 bits per heavy atom. The number of hydrogen-bond donors (Lipinski definition) is 1. The fourth-order valence-corrected chi connectivity index (χ4v) is 1.45. The summed E-state index contributed by atoms with van der Waals surface area (Å²) < 4.78 is 10.0. The molecular weight excluding hydrogens is 226 g/mol. The van der Waals surface area contributed by atoms with Gasteiger partial charge in [-0.05, 0) is 13.0 Å². The molecule has 1 N–H and O–H groups in total. The smallest absolute Gasteiger partial charge is 0.278 e. The summed E-state index contributed by atoms with van der Waals surface area (Å²) >= 11 is 0. The van der Waals surface area contributed by atoms with Gasteiger partial charge in [-0.2, -0.15) is 5.11 Å². The number of benzene rings is 1. The standard InChI is InChI=1S/C10H13N3O4/c1-6(12-11)7-4-9(16-2)10(17-3)5-8(7)13(14)15/h4-6,11H,1-3H3. The summed E-state index contributed by atoms with van der Waals surface area (Å²) in [7, 11) is 2.84. The lowest BCUT2D eigenvalue weighted by atomic mass is 10.1. The highest BCUT2D eigenvalue weighted by molar-refractivity contribution is 5.55. The van der Waals surface area contributed by atoms with Crippen LogP contribution < -0.4 is 9.47 Å². The van der Waals surface area contributed by atoms with E-state index in [1.54, 1.807) is 6.92 Å². The Morgan fingerprint density at radius 1 is 1.35 bits per heavy atom. The molecule has 7 nitrogen and oxygen atoms in total. The first-order valence-electron chi connectivity index (χ1n) is 4.82. The summed E-state index contributed by atoms with van der Waals surface area (Å²) in [5.74, 6) is 0.656. The maximum absolute atomic E-state index is 10.9. The van der Waals surface area contributed by atoms with Crippen molar-refractivity contribution in [1.82, 2.24) is 0 Å². The minimum atomic E-state index is -0.602. The summed E-state index contributed by atoms with van der Waals surface area (Å²) in [5, 5.41) is 14.2. The fraction of sp³-hybridized carbons (Fsp3) is 0.400. The lowest BCUT2D eigenvalue weighted by Crippen LogP contribution is -2.01. The number of hydrogen-bond acceptors (Lipinski definition) is 6. The molecule has 0 aliphatic heterocycles. The number of nitrogens with zero attached hydrogens (tertiary/aromatic N) is 2. The third-order valence-electron chi connectivity index (χ3n) is 2.37. The van der Waals surface area contributed by atoms with E-state index in [9.17, 15) is 10.1 Å². The Bertz CT molecular complexity index is 447. The highest BCUT2D eigenvalue weighted by Crippen LogP contribution is 2.38. The topological polar surface area (TPSA) is 97.8 Å². The van der Waals surface area contributed by atoms with Crippen LogP contribution in [0.4, 0.5) is 5.69 Å². The van der Waals surface area contributed by atoms with Gasteiger partial charge in [0.2, 0.25) is 0 Å². The van der Waals surface area contributed by atoms with Gasteiger partial charge in [0.15, 0.2) is 11.5 Å². The minimum absolute atomic E-state index is 0.133. The summed E-state index contributed by atoms with van der Waals surface area (Å²) in [6.07, 6.45) is 0. The van der Waals surface area contributed by atoms with Crippen LogP contribution in [0.25, 0.3) is 0 Å². The monoisotopic (exact) mass is 239 g/mol. The third-order valence-corrected chi connectivity index (χ3v) is 2.37. The zero-order valence-electron chi connectivity index (χ0n) is 9.76. The highest BCUT2D eigenvalue weighted by Gasteiger charge is 2.23. The molecule has 0 heterocycles. The van der Waals surface area contributed by atoms with Gasteiger partial charge in [-0.25, -0.2) is 5.53 Å². The van der Waals surface area contributed by atoms with Crippen LogP contribution in [-0.2, 0) is 0 Å². The first kappa shape index (κ1) is 12.9. The van der Waals surface area contributed by atoms with Crippen molar-refractivity contribution in [2.24, 2.45) is 5.11 Å². The van der Waals surface area contributed by atoms with E-state index >= 15 is 0 Å². The Hall–Kier alpha value is -2.18. The van der Waals surface area contributed by atoms with Crippen molar-refractivity contribution in [2.45, 2.75) is 13.0 Å². The Morgan fingerprint density at radius 2 is 1.88 bits per heavy atom. The number of nitro groups is 1. The molecule has 0 spiro atoms. The van der Waals surface area contributed by atoms with Crippen LogP contribution in [0.15, 0.2) is 17.2 Å². The molecule has 7 heteroatoms. The van der Waals surface area contributed by atoms with Gasteiger partial charge in [0.25, 0.3) is 5.69 Å². The number of ether oxygens (including phenoxy) is 2. The van der Waals surface area contributed by atoms with E-state index in [4.69, 9.17) is 15.0 Å². The Kier molecular flexibility index (Phi) is 3.97. The summed E-state index contributed by atoms with van der Waals surface area (Å²) in [5.41, 5.74) is 7.13. The van der Waals surface area contributed by atoms with Crippen molar-refractivity contribution < 1.29 is 14.4 Å². The van der Waals surface area contributed by atoms with Crippen molar-refractivity contribution in [3.63, 3.8) is 0 Å². The largest absolute Gasteiger partial charge is 0.493 e. The minimum Gasteiger partial charge on any atom is -0.493 e. The number of rotatable bonds is 5. The quantitative estimate of drug-likeness (QED) is 0.485. The van der Waals surface area contributed by atoms with Crippen molar-refractivity contribution in [2.75, 3.05) is 14.2 Å². The van der Waals surface area contributed by atoms with Crippen LogP contribution in [0, 0.1) is 15.6 Å². The lowest BCUT2D eigenvalue weighted by molar-refractivity contribution is -0.385. The molecule has 1 unspecified atom stereocenters. The lowest BCUT2D eigenvalue weighted by Gasteiger charge is -2.11. The van der Waals surface area contributed by atoms with Crippen LogP contribution in [0.1, 0.15) is 18.5 Å². The van der Waals surface area contributed by atoms with Crippen molar-refractivity contribution in [3.8, 4) is 11.5 Å². The molecule has 0 saturated carbocycles. The number of nitro benzene ring substituents is 1. The maximum atomic E-state index is 10.9. The average Bonchev–Trinajstić information content (AvgIpc) is 2.35. The van der Waals surface area contributed by atoms with Gasteiger partial charge in [0.1, 0.15) is 0 Å². The van der Waals surface area contributed by atoms with Gasteiger partial charge in [-0.3, -0.25) is 10.1 Å². The molecule has 0 aromatic heterocycles. The molecule has 0 fully saturated rings. The summed E-state index contributed by atoms with van der Waals surface area (Å²) in [4.78, 5) is 10.4. The molecule has 1 aromatic rings. The predicted octanol–water partition coefficient (Wildman–Crippen LogP) is 2.70. The number of nitrogens with one attached hydrogen (secondary N) is 1. The first-order chi connectivity index (χ1) is 8.04. The molecule has 1 aromatic carbocycles. The molecule has 17 heavy (non-hydrogen) atoms. The van der Waals surface area contributed by atoms with Gasteiger partial charge >= 0.3 is 0 Å². The average molecular weight is 239 g/mol. The van der Waals surface area contributed by atoms with E-state index in [0.717, 1.165) is 0 Å². The molecule has 0 bridgehead atoms. The molecule has 0 aliphatic carbocycles. The van der Waals surface area contributed by atoms with E-state index in [1.807, 2.05) is 0 Å². The predicted molar refractivity (Wildman–Crippen MR) is 59.8 cm³/mol. The molecule has 92 valence electrons. The Labute approximate surface area is 98.0 Å². The van der Waals surface area contributed by atoms with Crippen LogP contribution in [0.5, 0.6) is 11.5 Å². The highest BCUT2D eigenvalue weighted by atomic mass is 16.6. The van der Waals surface area contributed by atoms with Crippen molar-refractivity contribution >= 4 is 5.69 Å². The molecule has 1 rings (SSSR count). The summed E-state index contributed by atoms with van der Waals surface area (Å²) in [6.45, 7) is 1.60. The molecule has 1 atom stereocenters. The molecule has 0 radical (unpaired) electrons. The van der Waals surface area contributed by atoms with Crippen LogP contribution in [0.3, 0.4) is 0 Å². The zero-order valence-corrected chi connectivity index (χ0v) is 9.76. The second-order valence-electron chi connectivity index (χ2n) is 3.33. The number of methoxy groups -OCH3 is 2. The molecule has 0 saturated heterocycles. The second kappa shape index (κ2) is 5.24. The van der Waals surface area contributed by atoms with Gasteiger partial charge in [-0.15, -0.1) is 0 Å². The van der Waals surface area contributed by atoms with E-state index in [0.29, 0.717) is 11.3 Å². The van der Waals surface area contributed by atoms with Gasteiger partial charge in [-0.1, -0.05) is 0 Å². The van der Waals surface area contributed by atoms with E-state index in [1.165, 1.54) is 26.4 Å². The fourth-order valence-electron chi connectivity index (χ4n) is 1.45. The second-order valence-corrected chi connectivity index (χ2v) is 3.33. The van der Waals surface area contributed by atoms with Crippen molar-refractivity contribution in [3.05, 3.63) is 27.8 Å². The molecular formula is C10H13N3O4. The van der Waals surface area contributed by atoms with E-state index in [2.05, 4.69) is 5.11 Å². The van der Waals surface area contributed by atoms with Crippen LogP contribution in [-0.4, -0.2) is 19.1 Å². The van der Waals surface area contributed by atoms with E-state index < -0.39 is 11.0 Å². The van der Waals surface area contributed by atoms with Gasteiger partial charge < -0.3 is 9.47 Å². The van der Waals surface area contributed by atoms with Gasteiger partial charge in [0.05, 0.1) is 36.8 Å². The van der Waals surface area contributed by atoms with E-state index in [-0.39, 0.29) is 11.4 Å². The van der Waals surface area contributed by atoms with Crippen molar-refractivity contribution in [1.29, 1.82) is 5.53 Å². The Balaban J connectivity index is 3.45. The van der Waals surface area contributed by atoms with Crippen LogP contribution >= 0.6 is 0 Å². The maximum Gasteiger partial charge on any atom is 0.278 e. The van der Waals surface area contributed by atoms with Crippen LogP contribution in [0.2, 0.25) is 0 Å². The summed E-state index contributed by atoms with van der Waals surface area (Å²) in [6, 6.07) is 2.14. The molecule has 0 amide bonds. The first-order valence-corrected chi connectivity index (χ1v) is 4.82. The molecule has 0 aliphatic rings. The van der Waals surface area contributed by atoms with Gasteiger partial charge in [0, 0.05) is 0 Å². The third kappa shape index (κ3) is 2.49. The zero-order chi connectivity index (χ0) is 13.0. The normalized spacial score (nSPS) is 11.7.